The Kier molecular flexibility index (Phi) is 6.14. The molecule has 2 aromatic carbocycles. The summed E-state index contributed by atoms with van der Waals surface area (Å²) in [5, 5.41) is 5.95. The van der Waals surface area contributed by atoms with Gasteiger partial charge >= 0.3 is 6.18 Å². The van der Waals surface area contributed by atoms with Crippen LogP contribution in [-0.4, -0.2) is 27.9 Å². The van der Waals surface area contributed by atoms with Crippen molar-refractivity contribution in [3.8, 4) is 11.5 Å². The number of alkyl halides is 3. The molecule has 4 aromatic rings. The van der Waals surface area contributed by atoms with E-state index in [1.54, 1.807) is 24.3 Å². The SMILES string of the molecule is CNC(=O)c1cc(Oc2ccc3nc(Nc4ccc(Br)c(C(F)(F)F)c4)ncc3c2)ccn1. The summed E-state index contributed by atoms with van der Waals surface area (Å²) in [6, 6.07) is 12.0. The van der Waals surface area contributed by atoms with Crippen molar-refractivity contribution in [1.82, 2.24) is 20.3 Å². The van der Waals surface area contributed by atoms with E-state index in [1.807, 2.05) is 0 Å². The van der Waals surface area contributed by atoms with Crippen molar-refractivity contribution in [2.45, 2.75) is 6.18 Å². The highest BCUT2D eigenvalue weighted by Gasteiger charge is 2.33. The van der Waals surface area contributed by atoms with E-state index in [1.165, 1.54) is 37.6 Å². The number of anilines is 2. The Morgan fingerprint density at radius 2 is 1.82 bits per heavy atom. The molecule has 0 saturated carbocycles. The Bertz CT molecular complexity index is 1350. The summed E-state index contributed by atoms with van der Waals surface area (Å²) < 4.78 is 45.1. The van der Waals surface area contributed by atoms with Crippen molar-refractivity contribution < 1.29 is 22.7 Å². The zero-order chi connectivity index (χ0) is 23.6. The summed E-state index contributed by atoms with van der Waals surface area (Å²) in [5.41, 5.74) is 0.186. The molecular formula is C22H15BrF3N5O2. The molecule has 7 nitrogen and oxygen atoms in total. The topological polar surface area (TPSA) is 89.0 Å². The lowest BCUT2D eigenvalue weighted by Gasteiger charge is -2.12. The smallest absolute Gasteiger partial charge is 0.417 e. The first-order valence-corrected chi connectivity index (χ1v) is 10.3. The van der Waals surface area contributed by atoms with Crippen molar-refractivity contribution in [3.63, 3.8) is 0 Å². The van der Waals surface area contributed by atoms with E-state index in [4.69, 9.17) is 4.74 Å². The molecule has 4 rings (SSSR count). The third-order valence-corrected chi connectivity index (χ3v) is 5.20. The van der Waals surface area contributed by atoms with Crippen LogP contribution in [0.5, 0.6) is 11.5 Å². The molecule has 0 unspecified atom stereocenters. The van der Waals surface area contributed by atoms with Gasteiger partial charge in [0.2, 0.25) is 5.95 Å². The Labute approximate surface area is 194 Å². The van der Waals surface area contributed by atoms with Gasteiger partial charge in [0.05, 0.1) is 11.1 Å². The van der Waals surface area contributed by atoms with Crippen LogP contribution in [0.3, 0.4) is 0 Å². The van der Waals surface area contributed by atoms with Crippen LogP contribution in [0.1, 0.15) is 16.1 Å². The molecule has 0 spiro atoms. The van der Waals surface area contributed by atoms with Gasteiger partial charge in [-0.05, 0) is 42.5 Å². The number of hydrogen-bond donors (Lipinski definition) is 2. The van der Waals surface area contributed by atoms with Crippen LogP contribution in [0.4, 0.5) is 24.8 Å². The molecule has 0 saturated heterocycles. The summed E-state index contributed by atoms with van der Waals surface area (Å²) in [6.45, 7) is 0. The number of ether oxygens (including phenoxy) is 1. The van der Waals surface area contributed by atoms with Gasteiger partial charge in [0.25, 0.3) is 5.91 Å². The van der Waals surface area contributed by atoms with Gasteiger partial charge < -0.3 is 15.4 Å². The number of aromatic nitrogens is 3. The first-order valence-electron chi connectivity index (χ1n) is 9.49. The summed E-state index contributed by atoms with van der Waals surface area (Å²) in [4.78, 5) is 24.2. The molecule has 11 heteroatoms. The van der Waals surface area contributed by atoms with Crippen molar-refractivity contribution >= 4 is 44.4 Å². The Morgan fingerprint density at radius 3 is 2.58 bits per heavy atom. The van der Waals surface area contributed by atoms with E-state index in [0.717, 1.165) is 6.07 Å². The zero-order valence-corrected chi connectivity index (χ0v) is 18.5. The number of rotatable bonds is 5. The molecule has 1 amide bonds. The summed E-state index contributed by atoms with van der Waals surface area (Å²) >= 11 is 2.92. The number of fused-ring (bicyclic) bond motifs is 1. The molecule has 0 aliphatic carbocycles. The third kappa shape index (κ3) is 5.20. The van der Waals surface area contributed by atoms with Gasteiger partial charge in [-0.1, -0.05) is 15.9 Å². The standard InChI is InChI=1S/C22H15BrF3N5O2/c1-27-20(32)19-10-15(6-7-28-19)33-14-3-5-18-12(8-14)11-29-21(31-18)30-13-2-4-17(23)16(9-13)22(24,25)26/h2-11H,1H3,(H,27,32)(H,29,30,31). The average Bonchev–Trinajstić information content (AvgIpc) is 2.79. The van der Waals surface area contributed by atoms with Crippen LogP contribution in [-0.2, 0) is 6.18 Å². The quantitative estimate of drug-likeness (QED) is 0.353. The lowest BCUT2D eigenvalue weighted by atomic mass is 10.2. The molecule has 0 aliphatic rings. The first-order chi connectivity index (χ1) is 15.7. The van der Waals surface area contributed by atoms with Crippen LogP contribution >= 0.6 is 15.9 Å². The minimum Gasteiger partial charge on any atom is -0.457 e. The van der Waals surface area contributed by atoms with Crippen molar-refractivity contribution in [2.75, 3.05) is 12.4 Å². The second kappa shape index (κ2) is 9.02. The highest BCUT2D eigenvalue weighted by Crippen LogP contribution is 2.36. The van der Waals surface area contributed by atoms with Gasteiger partial charge in [0.1, 0.15) is 17.2 Å². The molecule has 0 atom stereocenters. The molecule has 2 heterocycles. The van der Waals surface area contributed by atoms with E-state index >= 15 is 0 Å². The zero-order valence-electron chi connectivity index (χ0n) is 16.9. The first kappa shape index (κ1) is 22.5. The number of carbonyl (C=O) groups is 1. The van der Waals surface area contributed by atoms with E-state index in [-0.39, 0.29) is 27.7 Å². The number of nitrogens with zero attached hydrogens (tertiary/aromatic N) is 3. The van der Waals surface area contributed by atoms with Gasteiger partial charge in [-0.25, -0.2) is 9.97 Å². The molecule has 0 radical (unpaired) electrons. The van der Waals surface area contributed by atoms with Gasteiger partial charge in [-0.15, -0.1) is 0 Å². The fourth-order valence-corrected chi connectivity index (χ4v) is 3.42. The number of amides is 1. The van der Waals surface area contributed by atoms with Gasteiger partial charge in [-0.3, -0.25) is 9.78 Å². The second-order valence-corrected chi connectivity index (χ2v) is 7.64. The van der Waals surface area contributed by atoms with E-state index in [0.29, 0.717) is 22.4 Å². The number of nitrogens with one attached hydrogen (secondary N) is 2. The Morgan fingerprint density at radius 1 is 1.03 bits per heavy atom. The van der Waals surface area contributed by atoms with Crippen LogP contribution in [0.15, 0.2) is 65.4 Å². The minimum absolute atomic E-state index is 0.0517. The highest BCUT2D eigenvalue weighted by atomic mass is 79.9. The van der Waals surface area contributed by atoms with Gasteiger partial charge in [-0.2, -0.15) is 13.2 Å². The van der Waals surface area contributed by atoms with Gasteiger partial charge in [0.15, 0.2) is 0 Å². The summed E-state index contributed by atoms with van der Waals surface area (Å²) in [6.07, 6.45) is -1.50. The largest absolute Gasteiger partial charge is 0.457 e. The molecule has 2 N–H and O–H groups in total. The molecule has 0 bridgehead atoms. The molecule has 0 fully saturated rings. The normalized spacial score (nSPS) is 11.3. The maximum Gasteiger partial charge on any atom is 0.417 e. The number of halogens is 4. The molecular weight excluding hydrogens is 503 g/mol. The summed E-state index contributed by atoms with van der Waals surface area (Å²) in [7, 11) is 1.51. The maximum atomic E-state index is 13.1. The lowest BCUT2D eigenvalue weighted by Crippen LogP contribution is -2.18. The number of carbonyl (C=O) groups excluding carboxylic acids is 1. The fourth-order valence-electron chi connectivity index (χ4n) is 2.95. The monoisotopic (exact) mass is 517 g/mol. The molecule has 168 valence electrons. The minimum atomic E-state index is -4.49. The summed E-state index contributed by atoms with van der Waals surface area (Å²) in [5.74, 6) is 0.734. The maximum absolute atomic E-state index is 13.1. The van der Waals surface area contributed by atoms with Crippen molar-refractivity contribution in [3.05, 3.63) is 76.7 Å². The van der Waals surface area contributed by atoms with Crippen molar-refractivity contribution in [1.29, 1.82) is 0 Å². The Balaban J connectivity index is 1.55. The van der Waals surface area contributed by atoms with E-state index < -0.39 is 11.7 Å². The van der Waals surface area contributed by atoms with Gasteiger partial charge in [0, 0.05) is 41.1 Å². The van der Waals surface area contributed by atoms with Crippen LogP contribution in [0.25, 0.3) is 10.9 Å². The predicted octanol–water partition coefficient (Wildman–Crippen LogP) is 5.70. The third-order valence-electron chi connectivity index (χ3n) is 4.51. The fraction of sp³-hybridized carbons (Fsp3) is 0.0909. The second-order valence-electron chi connectivity index (χ2n) is 6.79. The molecule has 2 aromatic heterocycles. The number of benzene rings is 2. The lowest BCUT2D eigenvalue weighted by molar-refractivity contribution is -0.138. The Hall–Kier alpha value is -3.73. The van der Waals surface area contributed by atoms with E-state index in [2.05, 4.69) is 41.5 Å². The van der Waals surface area contributed by atoms with Crippen LogP contribution < -0.4 is 15.4 Å². The highest BCUT2D eigenvalue weighted by molar-refractivity contribution is 9.10. The molecule has 33 heavy (non-hydrogen) atoms. The average molecular weight is 518 g/mol. The molecule has 0 aliphatic heterocycles. The number of hydrogen-bond acceptors (Lipinski definition) is 6. The van der Waals surface area contributed by atoms with Crippen LogP contribution in [0.2, 0.25) is 0 Å². The predicted molar refractivity (Wildman–Crippen MR) is 120 cm³/mol. The van der Waals surface area contributed by atoms with Crippen LogP contribution in [0, 0.1) is 0 Å². The number of pyridine rings is 1. The van der Waals surface area contributed by atoms with E-state index in [9.17, 15) is 18.0 Å². The van der Waals surface area contributed by atoms with Crippen molar-refractivity contribution in [2.24, 2.45) is 0 Å².